The van der Waals surface area contributed by atoms with Gasteiger partial charge in [-0.3, -0.25) is 4.99 Å². The van der Waals surface area contributed by atoms with Crippen LogP contribution in [0.5, 0.6) is 0 Å². The summed E-state index contributed by atoms with van der Waals surface area (Å²) >= 11 is 0. The maximum Gasteiger partial charge on any atom is 0.123 e. The van der Waals surface area contributed by atoms with Crippen molar-refractivity contribution in [3.63, 3.8) is 0 Å². The first-order valence-electron chi connectivity index (χ1n) is 6.92. The fourth-order valence-corrected chi connectivity index (χ4v) is 2.40. The summed E-state index contributed by atoms with van der Waals surface area (Å²) in [6, 6.07) is 14.8. The summed E-state index contributed by atoms with van der Waals surface area (Å²) < 4.78 is 13.0. The molecule has 0 bridgehead atoms. The van der Waals surface area contributed by atoms with Gasteiger partial charge in [0.2, 0.25) is 0 Å². The van der Waals surface area contributed by atoms with Crippen LogP contribution in [0.1, 0.15) is 23.1 Å². The zero-order valence-electron chi connectivity index (χ0n) is 11.9. The summed E-state index contributed by atoms with van der Waals surface area (Å²) in [5.41, 5.74) is 6.17. The quantitative estimate of drug-likeness (QED) is 0.738. The molecule has 3 rings (SSSR count). The van der Waals surface area contributed by atoms with Crippen molar-refractivity contribution >= 4 is 11.3 Å². The zero-order valence-corrected chi connectivity index (χ0v) is 11.9. The van der Waals surface area contributed by atoms with Crippen LogP contribution in [0.4, 0.5) is 4.39 Å². The molecule has 0 saturated carbocycles. The van der Waals surface area contributed by atoms with Gasteiger partial charge < -0.3 is 0 Å². The van der Waals surface area contributed by atoms with Gasteiger partial charge in [-0.05, 0) is 48.4 Å². The molecule has 1 nitrogen and oxygen atoms in total. The highest BCUT2D eigenvalue weighted by Gasteiger charge is 2.13. The Bertz CT molecular complexity index is 734. The molecule has 0 aromatic heterocycles. The van der Waals surface area contributed by atoms with Gasteiger partial charge in [-0.1, -0.05) is 36.4 Å². The molecule has 104 valence electrons. The molecule has 0 fully saturated rings. The molecule has 0 spiro atoms. The second-order valence-corrected chi connectivity index (χ2v) is 5.28. The van der Waals surface area contributed by atoms with Crippen molar-refractivity contribution in [3.05, 3.63) is 89.4 Å². The van der Waals surface area contributed by atoms with Crippen molar-refractivity contribution in [2.75, 3.05) is 0 Å². The number of rotatable bonds is 2. The van der Waals surface area contributed by atoms with Crippen molar-refractivity contribution < 1.29 is 4.39 Å². The van der Waals surface area contributed by atoms with E-state index in [2.05, 4.69) is 48.8 Å². The Labute approximate surface area is 124 Å². The average Bonchev–Trinajstić information content (AvgIpc) is 2.48. The van der Waals surface area contributed by atoms with E-state index in [1.807, 2.05) is 0 Å². The van der Waals surface area contributed by atoms with Gasteiger partial charge in [0.25, 0.3) is 0 Å². The Morgan fingerprint density at radius 3 is 2.24 bits per heavy atom. The van der Waals surface area contributed by atoms with Gasteiger partial charge in [0.05, 0.1) is 5.71 Å². The molecule has 2 aromatic carbocycles. The summed E-state index contributed by atoms with van der Waals surface area (Å²) in [4.78, 5) is 4.50. The molecule has 21 heavy (non-hydrogen) atoms. The van der Waals surface area contributed by atoms with Crippen LogP contribution in [-0.2, 0) is 0 Å². The van der Waals surface area contributed by atoms with Crippen LogP contribution in [0.15, 0.2) is 71.9 Å². The maximum absolute atomic E-state index is 13.0. The number of benzene rings is 2. The molecule has 1 heterocycles. The van der Waals surface area contributed by atoms with Crippen molar-refractivity contribution in [1.29, 1.82) is 0 Å². The van der Waals surface area contributed by atoms with Crippen molar-refractivity contribution in [1.82, 2.24) is 0 Å². The molecular formula is C19H16FN. The summed E-state index contributed by atoms with van der Waals surface area (Å²) in [5.74, 6) is -0.239. The fourth-order valence-electron chi connectivity index (χ4n) is 2.40. The van der Waals surface area contributed by atoms with Crippen molar-refractivity contribution in [2.45, 2.75) is 13.3 Å². The highest BCUT2D eigenvalue weighted by Crippen LogP contribution is 2.28. The number of aryl methyl sites for hydroxylation is 1. The Balaban J connectivity index is 1.99. The smallest absolute Gasteiger partial charge is 0.123 e. The van der Waals surface area contributed by atoms with Crippen LogP contribution in [0, 0.1) is 12.7 Å². The molecule has 0 radical (unpaired) electrons. The van der Waals surface area contributed by atoms with E-state index in [1.165, 1.54) is 28.8 Å². The summed E-state index contributed by atoms with van der Waals surface area (Å²) in [6.45, 7) is 6.07. The molecule has 1 aliphatic heterocycles. The number of hydrogen-bond acceptors (Lipinski definition) is 1. The number of aliphatic imine (C=N–C) groups is 1. The number of nitrogens with zero attached hydrogens (tertiary/aromatic N) is 1. The van der Waals surface area contributed by atoms with E-state index in [0.29, 0.717) is 0 Å². The van der Waals surface area contributed by atoms with Gasteiger partial charge >= 0.3 is 0 Å². The third kappa shape index (κ3) is 3.00. The van der Waals surface area contributed by atoms with E-state index in [1.54, 1.807) is 12.1 Å². The molecule has 0 unspecified atom stereocenters. The van der Waals surface area contributed by atoms with Gasteiger partial charge in [-0.15, -0.1) is 0 Å². The highest BCUT2D eigenvalue weighted by atomic mass is 19.1. The average molecular weight is 277 g/mol. The van der Waals surface area contributed by atoms with Crippen LogP contribution in [-0.4, -0.2) is 5.71 Å². The normalized spacial score (nSPS) is 14.7. The molecular weight excluding hydrogens is 261 g/mol. The van der Waals surface area contributed by atoms with Crippen LogP contribution < -0.4 is 0 Å². The van der Waals surface area contributed by atoms with E-state index in [4.69, 9.17) is 0 Å². The molecule has 2 aromatic rings. The van der Waals surface area contributed by atoms with Crippen LogP contribution >= 0.6 is 0 Å². The monoisotopic (exact) mass is 277 g/mol. The SMILES string of the molecule is C=C1CC(c2ccc(C)cc2)=CC(c2ccc(F)cc2)=N1. The summed E-state index contributed by atoms with van der Waals surface area (Å²) in [5, 5.41) is 0. The predicted molar refractivity (Wildman–Crippen MR) is 85.9 cm³/mol. The first kappa shape index (κ1) is 13.5. The lowest BCUT2D eigenvalue weighted by molar-refractivity contribution is 0.628. The zero-order chi connectivity index (χ0) is 14.8. The number of hydrogen-bond donors (Lipinski definition) is 0. The van der Waals surface area contributed by atoms with Gasteiger partial charge in [0.15, 0.2) is 0 Å². The maximum atomic E-state index is 13.0. The molecule has 0 amide bonds. The second-order valence-electron chi connectivity index (χ2n) is 5.28. The van der Waals surface area contributed by atoms with Gasteiger partial charge in [0.1, 0.15) is 5.82 Å². The first-order valence-corrected chi connectivity index (χ1v) is 6.92. The minimum absolute atomic E-state index is 0.239. The minimum Gasteiger partial charge on any atom is -0.253 e. The van der Waals surface area contributed by atoms with E-state index < -0.39 is 0 Å². The summed E-state index contributed by atoms with van der Waals surface area (Å²) in [6.07, 6.45) is 2.81. The fraction of sp³-hybridized carbons (Fsp3) is 0.105. The van der Waals surface area contributed by atoms with Gasteiger partial charge in [-0.25, -0.2) is 4.39 Å². The number of allylic oxidation sites excluding steroid dienone is 2. The third-order valence-corrected chi connectivity index (χ3v) is 3.55. The largest absolute Gasteiger partial charge is 0.253 e. The predicted octanol–water partition coefficient (Wildman–Crippen LogP) is 4.92. The Hall–Kier alpha value is -2.48. The minimum atomic E-state index is -0.239. The lowest BCUT2D eigenvalue weighted by atomic mass is 9.95. The molecule has 1 aliphatic rings. The van der Waals surface area contributed by atoms with Crippen LogP contribution in [0.3, 0.4) is 0 Å². The van der Waals surface area contributed by atoms with Crippen LogP contribution in [0.25, 0.3) is 5.57 Å². The lowest BCUT2D eigenvalue weighted by Gasteiger charge is -2.15. The van der Waals surface area contributed by atoms with E-state index in [-0.39, 0.29) is 5.82 Å². The Kier molecular flexibility index (Phi) is 3.53. The number of halogens is 1. The molecule has 0 atom stereocenters. The van der Waals surface area contributed by atoms with Crippen molar-refractivity contribution in [3.8, 4) is 0 Å². The Morgan fingerprint density at radius 2 is 1.57 bits per heavy atom. The molecule has 2 heteroatoms. The van der Waals surface area contributed by atoms with E-state index in [0.717, 1.165) is 23.4 Å². The third-order valence-electron chi connectivity index (χ3n) is 3.55. The van der Waals surface area contributed by atoms with Crippen molar-refractivity contribution in [2.24, 2.45) is 4.99 Å². The lowest BCUT2D eigenvalue weighted by Crippen LogP contribution is -2.05. The van der Waals surface area contributed by atoms with E-state index >= 15 is 0 Å². The summed E-state index contributed by atoms with van der Waals surface area (Å²) in [7, 11) is 0. The number of dihydropyridines is 1. The Morgan fingerprint density at radius 1 is 0.952 bits per heavy atom. The topological polar surface area (TPSA) is 12.4 Å². The van der Waals surface area contributed by atoms with Gasteiger partial charge in [0, 0.05) is 17.7 Å². The second kappa shape index (κ2) is 5.49. The van der Waals surface area contributed by atoms with Crippen LogP contribution in [0.2, 0.25) is 0 Å². The molecule has 0 aliphatic carbocycles. The molecule has 0 saturated heterocycles. The standard InChI is InChI=1S/C19H16FN/c1-13-3-5-15(6-4-13)17-11-14(2)21-19(12-17)16-7-9-18(20)10-8-16/h3-10,12H,2,11H2,1H3. The highest BCUT2D eigenvalue weighted by molar-refractivity contribution is 6.13. The van der Waals surface area contributed by atoms with Gasteiger partial charge in [-0.2, -0.15) is 0 Å². The molecule has 0 N–H and O–H groups in total. The first-order chi connectivity index (χ1) is 10.1. The van der Waals surface area contributed by atoms with E-state index in [9.17, 15) is 4.39 Å².